The van der Waals surface area contributed by atoms with Gasteiger partial charge in [0.2, 0.25) is 0 Å². The van der Waals surface area contributed by atoms with Crippen LogP contribution in [0.3, 0.4) is 0 Å². The third-order valence-electron chi connectivity index (χ3n) is 14.7. The molecule has 0 unspecified atom stereocenters. The molecule has 0 aliphatic carbocycles. The molecule has 4 aromatic carbocycles. The van der Waals surface area contributed by atoms with Crippen molar-refractivity contribution >= 4 is 72.1 Å². The van der Waals surface area contributed by atoms with Crippen LogP contribution in [-0.4, -0.2) is 84.1 Å². The van der Waals surface area contributed by atoms with E-state index in [0.29, 0.717) is 0 Å². The first kappa shape index (κ1) is 64.5. The number of hydrogen-bond acceptors (Lipinski definition) is 12. The van der Waals surface area contributed by atoms with Crippen molar-refractivity contribution in [3.63, 3.8) is 0 Å². The molecule has 5 heterocycles. The molecule has 14 nitrogen and oxygen atoms in total. The first-order valence-electron chi connectivity index (χ1n) is 25.4. The van der Waals surface area contributed by atoms with Crippen molar-refractivity contribution in [3.8, 4) is 0 Å². The molecule has 5 aliphatic heterocycles. The zero-order chi connectivity index (χ0) is 55.6. The van der Waals surface area contributed by atoms with Crippen LogP contribution in [-0.2, 0) is 42.2 Å². The molecule has 19 heteroatoms. The number of aliphatic carboxylic acids is 1. The molecule has 0 bridgehead atoms. The Morgan fingerprint density at radius 2 is 0.747 bits per heavy atom. The standard InChI is InChI=1S/C23H28BNO4.C17H16BrNO2.C12H24B2O4.C2H4O2.C2H6.K/c1-21(2)19(16-10-8-7-9-11-16)25(20(26)27-21)18-14-12-17(13-15-18)24-28-22(3,4)23(5,6)29-24;1-17(2)15(12-6-4-3-5-7-12)19(16(20)21-17)14-10-8-13(18)9-11-14;1-9(2)10(3,4)16-13(15-9)14-17-11(5,6)12(7,8)18-14;1-2(3)4;1-2;/h7-15,19H,1-6H3;3-11,15H,1-2H3;1-8H3;1H3,(H,3,4);1-2H3;/q;;;;;+1/p-1/t19-;15-;;;;/m00..../s1. The van der Waals surface area contributed by atoms with Crippen molar-refractivity contribution in [2.24, 2.45) is 0 Å². The van der Waals surface area contributed by atoms with E-state index in [4.69, 9.17) is 47.3 Å². The van der Waals surface area contributed by atoms with Crippen molar-refractivity contribution in [1.82, 2.24) is 0 Å². The third-order valence-corrected chi connectivity index (χ3v) is 15.3. The molecule has 75 heavy (non-hydrogen) atoms. The average Bonchev–Trinajstić information content (AvgIpc) is 3.95. The van der Waals surface area contributed by atoms with Crippen molar-refractivity contribution in [2.75, 3.05) is 9.80 Å². The minimum Gasteiger partial charge on any atom is -0.550 e. The minimum absolute atomic E-state index is 0. The summed E-state index contributed by atoms with van der Waals surface area (Å²) in [4.78, 5) is 37.4. The fraction of sp³-hybridized carbons (Fsp3) is 0.518. The summed E-state index contributed by atoms with van der Waals surface area (Å²) in [5, 5.41) is 8.89. The van der Waals surface area contributed by atoms with Crippen molar-refractivity contribution < 1.29 is 108 Å². The number of halogens is 1. The van der Waals surface area contributed by atoms with Crippen LogP contribution in [0.15, 0.2) is 114 Å². The summed E-state index contributed by atoms with van der Waals surface area (Å²) < 4.78 is 48.4. The molecule has 0 N–H and O–H groups in total. The maximum Gasteiger partial charge on any atom is 1.00 e. The van der Waals surface area contributed by atoms with Gasteiger partial charge in [-0.2, -0.15) is 0 Å². The number of ether oxygens (including phenoxy) is 2. The molecule has 400 valence electrons. The predicted molar refractivity (Wildman–Crippen MR) is 295 cm³/mol. The Kier molecular flexibility index (Phi) is 21.1. The molecule has 9 rings (SSSR count). The van der Waals surface area contributed by atoms with E-state index in [9.17, 15) is 9.59 Å². The second-order valence-electron chi connectivity index (χ2n) is 22.7. The van der Waals surface area contributed by atoms with E-state index in [1.807, 2.05) is 234 Å². The number of carboxylic acids is 1. The molecule has 0 radical (unpaired) electrons. The van der Waals surface area contributed by atoms with Gasteiger partial charge in [0, 0.05) is 21.8 Å². The largest absolute Gasteiger partial charge is 1.00 e. The summed E-state index contributed by atoms with van der Waals surface area (Å²) >= 11 is 3.42. The van der Waals surface area contributed by atoms with Gasteiger partial charge in [0.05, 0.1) is 33.6 Å². The molecule has 2 amide bonds. The summed E-state index contributed by atoms with van der Waals surface area (Å²) in [6, 6.07) is 35.1. The maximum atomic E-state index is 12.7. The van der Waals surface area contributed by atoms with E-state index >= 15 is 0 Å². The number of nitrogens with zero attached hydrogens (tertiary/aromatic N) is 2. The Labute approximate surface area is 498 Å². The zero-order valence-corrected chi connectivity index (χ0v) is 52.7. The van der Waals surface area contributed by atoms with Crippen LogP contribution in [0, 0.1) is 0 Å². The maximum absolute atomic E-state index is 12.7. The molecule has 0 spiro atoms. The zero-order valence-electron chi connectivity index (χ0n) is 48.0. The molecule has 0 saturated carbocycles. The number of carbonyl (C=O) groups excluding carboxylic acids is 3. The van der Waals surface area contributed by atoms with E-state index < -0.39 is 49.5 Å². The first-order valence-corrected chi connectivity index (χ1v) is 26.2. The van der Waals surface area contributed by atoms with Crippen molar-refractivity contribution in [1.29, 1.82) is 0 Å². The third kappa shape index (κ3) is 14.6. The number of rotatable bonds is 6. The Hall–Kier alpha value is -3.04. The Bertz CT molecular complexity index is 2460. The van der Waals surface area contributed by atoms with Gasteiger partial charge in [-0.25, -0.2) is 9.59 Å². The van der Waals surface area contributed by atoms with Gasteiger partial charge in [-0.1, -0.05) is 103 Å². The van der Waals surface area contributed by atoms with Gasteiger partial charge < -0.3 is 47.3 Å². The van der Waals surface area contributed by atoms with Crippen LogP contribution >= 0.6 is 15.9 Å². The summed E-state index contributed by atoms with van der Waals surface area (Å²) in [5.41, 5.74) is 1.22. The quantitative estimate of drug-likeness (QED) is 0.170. The molecule has 5 saturated heterocycles. The smallest absolute Gasteiger partial charge is 0.550 e. The minimum atomic E-state index is -1.08. The van der Waals surface area contributed by atoms with Crippen LogP contribution < -0.4 is 71.8 Å². The Morgan fingerprint density at radius 3 is 1.04 bits per heavy atom. The first-order chi connectivity index (χ1) is 34.1. The number of carbonyl (C=O) groups is 3. The second kappa shape index (κ2) is 24.5. The molecule has 2 atom stereocenters. The molecule has 5 fully saturated rings. The van der Waals surface area contributed by atoms with E-state index in [-0.39, 0.29) is 98.1 Å². The van der Waals surface area contributed by atoms with Gasteiger partial charge in [0.25, 0.3) is 0 Å². The Morgan fingerprint density at radius 1 is 0.480 bits per heavy atom. The summed E-state index contributed by atoms with van der Waals surface area (Å²) in [6.07, 6.45) is -0.650. The topological polar surface area (TPSA) is 155 Å². The fourth-order valence-electron chi connectivity index (χ4n) is 8.75. The number of anilines is 2. The Balaban J connectivity index is 0.000000236. The van der Waals surface area contributed by atoms with Gasteiger partial charge >= 0.3 is 84.7 Å². The molecule has 0 aromatic heterocycles. The van der Waals surface area contributed by atoms with Crippen LogP contribution in [0.4, 0.5) is 21.0 Å². The van der Waals surface area contributed by atoms with Gasteiger partial charge in [-0.15, -0.1) is 0 Å². The normalized spacial score (nSPS) is 23.3. The summed E-state index contributed by atoms with van der Waals surface area (Å²) in [7, 11) is -1.38. The van der Waals surface area contributed by atoms with Crippen LogP contribution in [0.1, 0.15) is 155 Å². The van der Waals surface area contributed by atoms with E-state index in [0.717, 1.165) is 39.4 Å². The van der Waals surface area contributed by atoms with Gasteiger partial charge in [-0.05, 0) is 171 Å². The van der Waals surface area contributed by atoms with Gasteiger partial charge in [-0.3, -0.25) is 9.80 Å². The number of cyclic esters (lactones) is 2. The van der Waals surface area contributed by atoms with Gasteiger partial charge in [0.1, 0.15) is 23.3 Å². The average molecular weight is 1120 g/mol. The van der Waals surface area contributed by atoms with E-state index in [1.54, 1.807) is 9.80 Å². The van der Waals surface area contributed by atoms with Crippen LogP contribution in [0.25, 0.3) is 0 Å². The predicted octanol–water partition coefficient (Wildman–Crippen LogP) is 8.42. The number of hydrogen-bond donors (Lipinski definition) is 0. The molecule has 5 aliphatic rings. The van der Waals surface area contributed by atoms with Crippen molar-refractivity contribution in [2.45, 2.75) is 188 Å². The molecule has 4 aromatic rings. The van der Waals surface area contributed by atoms with Crippen molar-refractivity contribution in [3.05, 3.63) is 125 Å². The number of benzene rings is 4. The summed E-state index contributed by atoms with van der Waals surface area (Å²) in [5.74, 6) is -1.08. The monoisotopic (exact) mass is 1120 g/mol. The number of amides is 2. The van der Waals surface area contributed by atoms with Gasteiger partial charge in [0.15, 0.2) is 0 Å². The molecular weight excluding hydrogens is 1040 g/mol. The van der Waals surface area contributed by atoms with Crippen LogP contribution in [0.2, 0.25) is 0 Å². The van der Waals surface area contributed by atoms with E-state index in [2.05, 4.69) is 15.9 Å². The summed E-state index contributed by atoms with van der Waals surface area (Å²) in [6.45, 7) is 37.1. The second-order valence-corrected chi connectivity index (χ2v) is 23.6. The number of carboxylic acid groups (broad SMARTS) is 1. The van der Waals surface area contributed by atoms with Crippen LogP contribution in [0.5, 0.6) is 0 Å². The van der Waals surface area contributed by atoms with E-state index in [1.165, 1.54) is 0 Å². The SMILES string of the molecule is CC.CC(=O)[O-].CC1(C)OB(B2OC(C)(C)C(C)(C)O2)OC1(C)C.CC1(C)OC(=O)N(c2ccc(B3OC(C)(C)C(C)(C)O3)cc2)[C@H]1c1ccccc1.CC1(C)OC(=O)N(c2ccc(Br)cc2)[C@H]1c1ccccc1.[K+]. The fourth-order valence-corrected chi connectivity index (χ4v) is 9.01. The molecular formula is C56H77B3BrKN2O12.